The van der Waals surface area contributed by atoms with E-state index in [-0.39, 0.29) is 28.9 Å². The maximum atomic E-state index is 13.4. The van der Waals surface area contributed by atoms with E-state index in [1.165, 1.54) is 4.57 Å². The van der Waals surface area contributed by atoms with Crippen LogP contribution in [0.3, 0.4) is 0 Å². The van der Waals surface area contributed by atoms with Gasteiger partial charge in [0.15, 0.2) is 6.19 Å². The van der Waals surface area contributed by atoms with Crippen LogP contribution < -0.4 is 16.0 Å². The first-order valence-corrected chi connectivity index (χ1v) is 11.1. The van der Waals surface area contributed by atoms with Crippen LogP contribution in [0.25, 0.3) is 10.9 Å². The minimum atomic E-state index is -0.260. The molecule has 0 spiro atoms. The number of nitriles is 1. The van der Waals surface area contributed by atoms with E-state index in [1.807, 2.05) is 25.1 Å². The Morgan fingerprint density at radius 2 is 2.07 bits per heavy atom. The van der Waals surface area contributed by atoms with Crippen molar-refractivity contribution in [3.8, 4) is 6.19 Å². The molecule has 0 amide bonds. The number of fused-ring (bicyclic) bond motifs is 1. The number of aromatic nitrogens is 2. The van der Waals surface area contributed by atoms with Crippen molar-refractivity contribution in [1.82, 2.24) is 18.8 Å². The van der Waals surface area contributed by atoms with Gasteiger partial charge in [-0.25, -0.2) is 4.79 Å². The molecule has 5 rings (SSSR count). The Morgan fingerprint density at radius 3 is 2.69 bits per heavy atom. The van der Waals surface area contributed by atoms with E-state index >= 15 is 0 Å². The zero-order chi connectivity index (χ0) is 20.3. The third-order valence-corrected chi connectivity index (χ3v) is 7.67. The first-order chi connectivity index (χ1) is 13.9. The van der Waals surface area contributed by atoms with Gasteiger partial charge < -0.3 is 4.90 Å². The van der Waals surface area contributed by atoms with Crippen LogP contribution in [0.2, 0.25) is 0 Å². The molecule has 2 atom stereocenters. The number of benzene rings is 1. The molecule has 8 heteroatoms. The second-order valence-corrected chi connectivity index (χ2v) is 9.90. The summed E-state index contributed by atoms with van der Waals surface area (Å²) >= 11 is 1.55. The highest BCUT2D eigenvalue weighted by molar-refractivity contribution is 7.97. The summed E-state index contributed by atoms with van der Waals surface area (Å²) in [4.78, 5) is 29.2. The third kappa shape index (κ3) is 3.26. The first kappa shape index (κ1) is 18.8. The topological polar surface area (TPSA) is 83.1 Å². The van der Waals surface area contributed by atoms with Crippen LogP contribution >= 0.6 is 11.9 Å². The van der Waals surface area contributed by atoms with E-state index in [9.17, 15) is 14.9 Å². The highest BCUT2D eigenvalue weighted by Gasteiger charge is 2.39. The van der Waals surface area contributed by atoms with Gasteiger partial charge in [-0.1, -0.05) is 0 Å². The maximum Gasteiger partial charge on any atom is 0.331 e. The zero-order valence-electron chi connectivity index (χ0n) is 16.7. The van der Waals surface area contributed by atoms with Gasteiger partial charge in [-0.2, -0.15) is 5.26 Å². The average molecular weight is 412 g/mol. The summed E-state index contributed by atoms with van der Waals surface area (Å²) in [5.74, 6) is 0.516. The smallest absolute Gasteiger partial charge is 0.304 e. The van der Waals surface area contributed by atoms with E-state index in [1.54, 1.807) is 21.4 Å². The lowest BCUT2D eigenvalue weighted by Gasteiger charge is -2.43. The van der Waals surface area contributed by atoms with Crippen molar-refractivity contribution in [3.63, 3.8) is 0 Å². The summed E-state index contributed by atoms with van der Waals surface area (Å²) in [6, 6.07) is 5.40. The van der Waals surface area contributed by atoms with E-state index in [4.69, 9.17) is 0 Å². The Labute approximate surface area is 173 Å². The molecule has 3 aliphatic rings. The molecule has 1 aliphatic heterocycles. The van der Waals surface area contributed by atoms with Crippen molar-refractivity contribution in [3.05, 3.63) is 39.0 Å². The molecule has 2 unspecified atom stereocenters. The molecular formula is C21H25N5O2S. The standard InChI is InChI=1S/C21H25N5O2S/c1-13-18(11-24(13)12-22)26-19(27)16-9-15(29-23-21(2)7-8-21)5-6-17(16)25(20(26)28)10-14-3-4-14/h5-6,9,13-14,18,23H,3-4,7-8,10-11H2,1-2H3. The van der Waals surface area contributed by atoms with Crippen LogP contribution in [0.15, 0.2) is 32.7 Å². The van der Waals surface area contributed by atoms with Gasteiger partial charge >= 0.3 is 5.69 Å². The Bertz CT molecular complexity index is 1140. The number of hydrogen-bond acceptors (Lipinski definition) is 6. The second-order valence-electron chi connectivity index (χ2n) is 9.02. The molecule has 2 aliphatic carbocycles. The Hall–Kier alpha value is -2.24. The predicted molar refractivity (Wildman–Crippen MR) is 113 cm³/mol. The molecule has 3 fully saturated rings. The van der Waals surface area contributed by atoms with Crippen LogP contribution in [-0.4, -0.2) is 32.2 Å². The molecule has 0 radical (unpaired) electrons. The molecule has 7 nitrogen and oxygen atoms in total. The summed E-state index contributed by atoms with van der Waals surface area (Å²) in [5, 5.41) is 9.76. The SMILES string of the molecule is CC1C(n2c(=O)c3cc(SNC4(C)CC4)ccc3n(CC3CC3)c2=O)CN1C#N. The summed E-state index contributed by atoms with van der Waals surface area (Å²) in [7, 11) is 0. The van der Waals surface area contributed by atoms with E-state index in [0.29, 0.717) is 29.9 Å². The number of hydrogen-bond donors (Lipinski definition) is 1. The summed E-state index contributed by atoms with van der Waals surface area (Å²) in [6.07, 6.45) is 6.71. The lowest BCUT2D eigenvalue weighted by molar-refractivity contribution is 0.0882. The van der Waals surface area contributed by atoms with Gasteiger partial charge in [-0.05, 0) is 75.6 Å². The van der Waals surface area contributed by atoms with E-state index in [0.717, 1.165) is 30.6 Å². The molecule has 29 heavy (non-hydrogen) atoms. The second kappa shape index (κ2) is 6.64. The zero-order valence-corrected chi connectivity index (χ0v) is 17.5. The van der Waals surface area contributed by atoms with Crippen molar-refractivity contribution in [1.29, 1.82) is 5.26 Å². The quantitative estimate of drug-likeness (QED) is 0.581. The van der Waals surface area contributed by atoms with Crippen LogP contribution in [0, 0.1) is 17.4 Å². The van der Waals surface area contributed by atoms with Gasteiger partial charge in [0.2, 0.25) is 0 Å². The van der Waals surface area contributed by atoms with Crippen LogP contribution in [0.1, 0.15) is 45.6 Å². The number of nitrogens with one attached hydrogen (secondary N) is 1. The monoisotopic (exact) mass is 411 g/mol. The lowest BCUT2D eigenvalue weighted by Crippen LogP contribution is -2.58. The van der Waals surface area contributed by atoms with Gasteiger partial charge in [0.1, 0.15) is 0 Å². The number of rotatable bonds is 6. The molecule has 2 heterocycles. The summed E-state index contributed by atoms with van der Waals surface area (Å²) < 4.78 is 6.65. The predicted octanol–water partition coefficient (Wildman–Crippen LogP) is 2.45. The van der Waals surface area contributed by atoms with E-state index < -0.39 is 0 Å². The number of likely N-dealkylation sites (tertiary alicyclic amines) is 1. The van der Waals surface area contributed by atoms with Crippen molar-refractivity contribution >= 4 is 22.9 Å². The van der Waals surface area contributed by atoms with Crippen molar-refractivity contribution in [2.45, 2.75) is 68.6 Å². The fourth-order valence-corrected chi connectivity index (χ4v) is 4.83. The van der Waals surface area contributed by atoms with Crippen LogP contribution in [0.5, 0.6) is 0 Å². The molecule has 152 valence electrons. The van der Waals surface area contributed by atoms with Crippen LogP contribution in [-0.2, 0) is 6.54 Å². The van der Waals surface area contributed by atoms with Crippen molar-refractivity contribution in [2.75, 3.05) is 6.54 Å². The van der Waals surface area contributed by atoms with Gasteiger partial charge in [0.05, 0.1) is 29.5 Å². The normalized spacial score (nSPS) is 24.9. The highest BCUT2D eigenvalue weighted by atomic mass is 32.2. The van der Waals surface area contributed by atoms with Gasteiger partial charge in [0, 0.05) is 17.0 Å². The third-order valence-electron chi connectivity index (χ3n) is 6.59. The molecular weight excluding hydrogens is 386 g/mol. The molecule has 1 aromatic carbocycles. The minimum absolute atomic E-state index is 0.147. The van der Waals surface area contributed by atoms with Gasteiger partial charge in [0.25, 0.3) is 5.56 Å². The fraction of sp³-hybridized carbons (Fsp3) is 0.571. The van der Waals surface area contributed by atoms with Crippen molar-refractivity contribution in [2.24, 2.45) is 5.92 Å². The Kier molecular flexibility index (Phi) is 4.30. The Balaban J connectivity index is 1.60. The number of nitrogens with zero attached hydrogens (tertiary/aromatic N) is 4. The maximum absolute atomic E-state index is 13.4. The minimum Gasteiger partial charge on any atom is -0.304 e. The van der Waals surface area contributed by atoms with Crippen LogP contribution in [0.4, 0.5) is 0 Å². The Morgan fingerprint density at radius 1 is 1.31 bits per heavy atom. The van der Waals surface area contributed by atoms with Gasteiger partial charge in [-0.15, -0.1) is 0 Å². The lowest BCUT2D eigenvalue weighted by atomic mass is 9.99. The summed E-state index contributed by atoms with van der Waals surface area (Å²) in [5.41, 5.74) is 0.417. The summed E-state index contributed by atoms with van der Waals surface area (Å²) in [6.45, 7) is 5.16. The fourth-order valence-electron chi connectivity index (χ4n) is 3.95. The molecule has 1 saturated heterocycles. The average Bonchev–Trinajstić information content (AvgIpc) is 3.64. The molecule has 2 aromatic rings. The molecule has 2 saturated carbocycles. The largest absolute Gasteiger partial charge is 0.331 e. The van der Waals surface area contributed by atoms with Gasteiger partial charge in [-0.3, -0.25) is 18.7 Å². The highest BCUT2D eigenvalue weighted by Crippen LogP contribution is 2.38. The molecule has 1 N–H and O–H groups in total. The first-order valence-electron chi connectivity index (χ1n) is 10.3. The molecule has 0 bridgehead atoms. The van der Waals surface area contributed by atoms with Crippen molar-refractivity contribution < 1.29 is 0 Å². The van der Waals surface area contributed by atoms with E-state index in [2.05, 4.69) is 17.8 Å². The molecule has 1 aromatic heterocycles.